The van der Waals surface area contributed by atoms with Crippen molar-refractivity contribution in [2.24, 2.45) is 5.92 Å². The van der Waals surface area contributed by atoms with Gasteiger partial charge in [-0.05, 0) is 58.9 Å². The molecule has 1 unspecified atom stereocenters. The molecule has 1 saturated heterocycles. The fourth-order valence-electron chi connectivity index (χ4n) is 3.32. The van der Waals surface area contributed by atoms with Gasteiger partial charge >= 0.3 is 0 Å². The van der Waals surface area contributed by atoms with E-state index in [-0.39, 0.29) is 5.54 Å². The molecular weight excluding hydrogens is 208 g/mol. The maximum absolute atomic E-state index is 3.68. The second-order valence-corrected chi connectivity index (χ2v) is 7.07. The van der Waals surface area contributed by atoms with E-state index in [0.29, 0.717) is 0 Å². The van der Waals surface area contributed by atoms with E-state index in [4.69, 9.17) is 0 Å². The average molecular weight is 238 g/mol. The Bertz CT molecular complexity index is 226. The van der Waals surface area contributed by atoms with E-state index in [1.165, 1.54) is 58.2 Å². The highest BCUT2D eigenvalue weighted by Crippen LogP contribution is 2.28. The SMILES string of the molecule is CC(C)(C)NCC1CCCN1CC1CCCC1. The van der Waals surface area contributed by atoms with Gasteiger partial charge in [0.2, 0.25) is 0 Å². The standard InChI is InChI=1S/C15H30N2/c1-15(2,3)16-11-14-9-6-10-17(14)12-13-7-4-5-8-13/h13-14,16H,4-12H2,1-3H3. The van der Waals surface area contributed by atoms with Crippen LogP contribution in [-0.4, -0.2) is 36.1 Å². The molecule has 0 spiro atoms. The molecule has 1 saturated carbocycles. The molecule has 0 bridgehead atoms. The van der Waals surface area contributed by atoms with Gasteiger partial charge in [0.25, 0.3) is 0 Å². The van der Waals surface area contributed by atoms with Crippen molar-refractivity contribution in [2.75, 3.05) is 19.6 Å². The van der Waals surface area contributed by atoms with Gasteiger partial charge in [-0.3, -0.25) is 4.90 Å². The molecule has 2 fully saturated rings. The third-order valence-corrected chi connectivity index (χ3v) is 4.33. The number of likely N-dealkylation sites (tertiary alicyclic amines) is 1. The van der Waals surface area contributed by atoms with E-state index in [2.05, 4.69) is 31.0 Å². The highest BCUT2D eigenvalue weighted by molar-refractivity contribution is 4.85. The zero-order valence-electron chi connectivity index (χ0n) is 12.0. The van der Waals surface area contributed by atoms with Gasteiger partial charge in [0.15, 0.2) is 0 Å². The molecule has 1 N–H and O–H groups in total. The van der Waals surface area contributed by atoms with Crippen LogP contribution in [0.4, 0.5) is 0 Å². The summed E-state index contributed by atoms with van der Waals surface area (Å²) >= 11 is 0. The van der Waals surface area contributed by atoms with Crippen molar-refractivity contribution in [2.45, 2.75) is 70.9 Å². The quantitative estimate of drug-likeness (QED) is 0.810. The molecule has 0 radical (unpaired) electrons. The van der Waals surface area contributed by atoms with Crippen molar-refractivity contribution < 1.29 is 0 Å². The molecule has 1 atom stereocenters. The van der Waals surface area contributed by atoms with Crippen molar-refractivity contribution in [3.8, 4) is 0 Å². The summed E-state index contributed by atoms with van der Waals surface area (Å²) in [6, 6.07) is 0.801. The minimum atomic E-state index is 0.265. The monoisotopic (exact) mass is 238 g/mol. The second-order valence-electron chi connectivity index (χ2n) is 7.07. The van der Waals surface area contributed by atoms with Crippen molar-refractivity contribution in [3.63, 3.8) is 0 Å². The predicted molar refractivity (Wildman–Crippen MR) is 74.3 cm³/mol. The number of rotatable bonds is 4. The topological polar surface area (TPSA) is 15.3 Å². The van der Waals surface area contributed by atoms with Gasteiger partial charge in [0.1, 0.15) is 0 Å². The normalized spacial score (nSPS) is 28.1. The van der Waals surface area contributed by atoms with Crippen molar-refractivity contribution in [1.29, 1.82) is 0 Å². The molecule has 1 aliphatic heterocycles. The maximum Gasteiger partial charge on any atom is 0.0221 e. The molecule has 1 aliphatic carbocycles. The van der Waals surface area contributed by atoms with E-state index in [1.54, 1.807) is 0 Å². The van der Waals surface area contributed by atoms with Crippen LogP contribution in [0.25, 0.3) is 0 Å². The Morgan fingerprint density at radius 3 is 2.41 bits per heavy atom. The summed E-state index contributed by atoms with van der Waals surface area (Å²) in [5.41, 5.74) is 0.265. The van der Waals surface area contributed by atoms with Crippen LogP contribution >= 0.6 is 0 Å². The zero-order valence-corrected chi connectivity index (χ0v) is 12.0. The highest BCUT2D eigenvalue weighted by atomic mass is 15.2. The van der Waals surface area contributed by atoms with E-state index >= 15 is 0 Å². The van der Waals surface area contributed by atoms with Gasteiger partial charge in [0, 0.05) is 24.7 Å². The molecule has 17 heavy (non-hydrogen) atoms. The van der Waals surface area contributed by atoms with Crippen molar-refractivity contribution >= 4 is 0 Å². The molecule has 2 heteroatoms. The molecule has 2 aliphatic rings. The molecule has 0 aromatic rings. The van der Waals surface area contributed by atoms with E-state index in [9.17, 15) is 0 Å². The summed E-state index contributed by atoms with van der Waals surface area (Å²) in [5, 5.41) is 3.68. The summed E-state index contributed by atoms with van der Waals surface area (Å²) in [6.45, 7) is 10.7. The minimum absolute atomic E-state index is 0.265. The molecule has 100 valence electrons. The summed E-state index contributed by atoms with van der Waals surface area (Å²) in [4.78, 5) is 2.76. The largest absolute Gasteiger partial charge is 0.311 e. The minimum Gasteiger partial charge on any atom is -0.311 e. The zero-order chi connectivity index (χ0) is 12.3. The second kappa shape index (κ2) is 5.71. The van der Waals surface area contributed by atoms with Crippen LogP contribution in [0.5, 0.6) is 0 Å². The first-order chi connectivity index (χ1) is 8.04. The molecular formula is C15H30N2. The predicted octanol–water partition coefficient (Wildman–Crippen LogP) is 3.03. The Morgan fingerprint density at radius 2 is 1.76 bits per heavy atom. The van der Waals surface area contributed by atoms with E-state index in [1.807, 2.05) is 0 Å². The fraction of sp³-hybridized carbons (Fsp3) is 1.00. The van der Waals surface area contributed by atoms with Gasteiger partial charge in [-0.25, -0.2) is 0 Å². The number of nitrogens with one attached hydrogen (secondary N) is 1. The van der Waals surface area contributed by atoms with Gasteiger partial charge in [-0.1, -0.05) is 12.8 Å². The lowest BCUT2D eigenvalue weighted by Crippen LogP contribution is -2.46. The van der Waals surface area contributed by atoms with Crippen LogP contribution in [0.1, 0.15) is 59.3 Å². The molecule has 1 heterocycles. The van der Waals surface area contributed by atoms with Crippen LogP contribution in [0.3, 0.4) is 0 Å². The molecule has 2 rings (SSSR count). The Kier molecular flexibility index (Phi) is 4.48. The Labute approximate surface area is 107 Å². The number of hydrogen-bond acceptors (Lipinski definition) is 2. The van der Waals surface area contributed by atoms with Crippen LogP contribution < -0.4 is 5.32 Å². The van der Waals surface area contributed by atoms with Crippen LogP contribution in [-0.2, 0) is 0 Å². The third kappa shape index (κ3) is 4.26. The lowest BCUT2D eigenvalue weighted by molar-refractivity contribution is 0.202. The van der Waals surface area contributed by atoms with Crippen LogP contribution in [0.2, 0.25) is 0 Å². The van der Waals surface area contributed by atoms with Crippen molar-refractivity contribution in [1.82, 2.24) is 10.2 Å². The van der Waals surface area contributed by atoms with Gasteiger partial charge < -0.3 is 5.32 Å². The Hall–Kier alpha value is -0.0800. The fourth-order valence-corrected chi connectivity index (χ4v) is 3.32. The summed E-state index contributed by atoms with van der Waals surface area (Å²) in [7, 11) is 0. The summed E-state index contributed by atoms with van der Waals surface area (Å²) in [5.74, 6) is 1.00. The lowest BCUT2D eigenvalue weighted by atomic mass is 10.1. The smallest absolute Gasteiger partial charge is 0.0221 e. The molecule has 0 aromatic carbocycles. The van der Waals surface area contributed by atoms with Crippen LogP contribution in [0.15, 0.2) is 0 Å². The van der Waals surface area contributed by atoms with E-state index < -0.39 is 0 Å². The van der Waals surface area contributed by atoms with Gasteiger partial charge in [-0.15, -0.1) is 0 Å². The summed E-state index contributed by atoms with van der Waals surface area (Å²) < 4.78 is 0. The lowest BCUT2D eigenvalue weighted by Gasteiger charge is -2.30. The molecule has 0 amide bonds. The van der Waals surface area contributed by atoms with Gasteiger partial charge in [0.05, 0.1) is 0 Å². The number of hydrogen-bond donors (Lipinski definition) is 1. The third-order valence-electron chi connectivity index (χ3n) is 4.33. The Balaban J connectivity index is 1.76. The van der Waals surface area contributed by atoms with E-state index in [0.717, 1.165) is 12.0 Å². The first-order valence-corrected chi connectivity index (χ1v) is 7.54. The number of nitrogens with zero attached hydrogens (tertiary/aromatic N) is 1. The average Bonchev–Trinajstić information content (AvgIpc) is 2.86. The maximum atomic E-state index is 3.68. The first-order valence-electron chi connectivity index (χ1n) is 7.54. The summed E-state index contributed by atoms with van der Waals surface area (Å²) in [6.07, 6.45) is 8.72. The Morgan fingerprint density at radius 1 is 1.06 bits per heavy atom. The molecule has 0 aromatic heterocycles. The van der Waals surface area contributed by atoms with Gasteiger partial charge in [-0.2, -0.15) is 0 Å². The first kappa shape index (κ1) is 13.4. The van der Waals surface area contributed by atoms with Crippen LogP contribution in [0, 0.1) is 5.92 Å². The highest BCUT2D eigenvalue weighted by Gasteiger charge is 2.28. The van der Waals surface area contributed by atoms with Crippen molar-refractivity contribution in [3.05, 3.63) is 0 Å². The molecule has 2 nitrogen and oxygen atoms in total.